The van der Waals surface area contributed by atoms with Gasteiger partial charge in [0.15, 0.2) is 0 Å². The lowest BCUT2D eigenvalue weighted by Crippen LogP contribution is -2.17. The Kier molecular flexibility index (Phi) is 3.96. The summed E-state index contributed by atoms with van der Waals surface area (Å²) in [7, 11) is 0. The number of fused-ring (bicyclic) bond motifs is 1. The minimum atomic E-state index is -0.131. The summed E-state index contributed by atoms with van der Waals surface area (Å²) in [5.41, 5.74) is 6.40. The zero-order valence-electron chi connectivity index (χ0n) is 14.8. The summed E-state index contributed by atoms with van der Waals surface area (Å²) in [4.78, 5) is 15.5. The molecular weight excluding hydrogens is 350 g/mol. The number of rotatable bonds is 3. The molecule has 4 aromatic rings. The highest BCUT2D eigenvalue weighted by Gasteiger charge is 2.16. The molecule has 132 valence electrons. The molecule has 1 N–H and O–H groups in total. The molecule has 0 spiro atoms. The SMILES string of the molecule is Cc1noc(C)c1-c1cc(C)c2[nH]c(=O)n(Cc3ccc(Cl)cc3)c2c1. The van der Waals surface area contributed by atoms with E-state index in [1.54, 1.807) is 4.57 Å². The van der Waals surface area contributed by atoms with E-state index in [2.05, 4.69) is 16.2 Å². The van der Waals surface area contributed by atoms with Crippen molar-refractivity contribution < 1.29 is 4.52 Å². The van der Waals surface area contributed by atoms with Gasteiger partial charge in [-0.25, -0.2) is 4.79 Å². The van der Waals surface area contributed by atoms with Gasteiger partial charge in [-0.05, 0) is 61.7 Å². The highest BCUT2D eigenvalue weighted by atomic mass is 35.5. The Labute approximate surface area is 155 Å². The predicted molar refractivity (Wildman–Crippen MR) is 103 cm³/mol. The zero-order valence-corrected chi connectivity index (χ0v) is 15.5. The van der Waals surface area contributed by atoms with Gasteiger partial charge in [0.05, 0.1) is 23.3 Å². The van der Waals surface area contributed by atoms with E-state index in [1.165, 1.54) is 0 Å². The number of hydrogen-bond acceptors (Lipinski definition) is 3. The van der Waals surface area contributed by atoms with Crippen LogP contribution in [0.1, 0.15) is 22.6 Å². The molecule has 2 aromatic carbocycles. The molecule has 26 heavy (non-hydrogen) atoms. The first-order valence-electron chi connectivity index (χ1n) is 8.35. The van der Waals surface area contributed by atoms with Gasteiger partial charge in [-0.15, -0.1) is 0 Å². The summed E-state index contributed by atoms with van der Waals surface area (Å²) in [6, 6.07) is 11.6. The van der Waals surface area contributed by atoms with Gasteiger partial charge < -0.3 is 9.51 Å². The Hall–Kier alpha value is -2.79. The second kappa shape index (κ2) is 6.18. The second-order valence-corrected chi connectivity index (χ2v) is 6.97. The molecule has 0 unspecified atom stereocenters. The summed E-state index contributed by atoms with van der Waals surface area (Å²) in [5, 5.41) is 4.72. The van der Waals surface area contributed by atoms with E-state index in [1.807, 2.05) is 51.1 Å². The van der Waals surface area contributed by atoms with Crippen LogP contribution >= 0.6 is 11.6 Å². The minimum absolute atomic E-state index is 0.131. The molecule has 0 aliphatic heterocycles. The number of nitrogens with zero attached hydrogens (tertiary/aromatic N) is 2. The molecule has 0 aliphatic carbocycles. The van der Waals surface area contributed by atoms with Gasteiger partial charge in [-0.1, -0.05) is 28.9 Å². The highest BCUT2D eigenvalue weighted by molar-refractivity contribution is 6.30. The average molecular weight is 368 g/mol. The maximum atomic E-state index is 12.5. The number of hydrogen-bond donors (Lipinski definition) is 1. The van der Waals surface area contributed by atoms with Crippen molar-refractivity contribution in [3.63, 3.8) is 0 Å². The fraction of sp³-hybridized carbons (Fsp3) is 0.200. The number of imidazole rings is 1. The monoisotopic (exact) mass is 367 g/mol. The predicted octanol–water partition coefficient (Wildman–Crippen LogP) is 4.61. The van der Waals surface area contributed by atoms with E-state index >= 15 is 0 Å². The molecule has 6 heteroatoms. The summed E-state index contributed by atoms with van der Waals surface area (Å²) in [6.07, 6.45) is 0. The van der Waals surface area contributed by atoms with Gasteiger partial charge in [0.1, 0.15) is 5.76 Å². The standard InChI is InChI=1S/C20H18ClN3O2/c1-11-8-15(18-12(2)23-26-13(18)3)9-17-19(11)22-20(25)24(17)10-14-4-6-16(21)7-5-14/h4-9H,10H2,1-3H3,(H,22,25). The number of nitrogens with one attached hydrogen (secondary N) is 1. The lowest BCUT2D eigenvalue weighted by molar-refractivity contribution is 0.393. The largest absolute Gasteiger partial charge is 0.361 e. The summed E-state index contributed by atoms with van der Waals surface area (Å²) >= 11 is 5.96. The normalized spacial score (nSPS) is 11.4. The Morgan fingerprint density at radius 3 is 2.54 bits per heavy atom. The third-order valence-electron chi connectivity index (χ3n) is 4.66. The fourth-order valence-corrected chi connectivity index (χ4v) is 3.52. The fourth-order valence-electron chi connectivity index (χ4n) is 3.40. The van der Waals surface area contributed by atoms with Crippen LogP contribution in [0.15, 0.2) is 45.7 Å². The van der Waals surface area contributed by atoms with Crippen LogP contribution < -0.4 is 5.69 Å². The van der Waals surface area contributed by atoms with Gasteiger partial charge in [0.2, 0.25) is 0 Å². The molecule has 4 rings (SSSR count). The average Bonchev–Trinajstić information content (AvgIpc) is 3.10. The molecule has 0 bridgehead atoms. The third kappa shape index (κ3) is 2.74. The molecule has 2 heterocycles. The molecule has 0 aliphatic rings. The Balaban J connectivity index is 1.90. The zero-order chi connectivity index (χ0) is 18.4. The summed E-state index contributed by atoms with van der Waals surface area (Å²) in [5.74, 6) is 0.767. The number of H-pyrrole nitrogens is 1. The van der Waals surface area contributed by atoms with E-state index in [4.69, 9.17) is 16.1 Å². The topological polar surface area (TPSA) is 63.8 Å². The summed E-state index contributed by atoms with van der Waals surface area (Å²) in [6.45, 7) is 6.28. The van der Waals surface area contributed by atoms with Crippen LogP contribution in [0.25, 0.3) is 22.2 Å². The molecule has 0 saturated carbocycles. The van der Waals surface area contributed by atoms with Crippen molar-refractivity contribution in [1.82, 2.24) is 14.7 Å². The Bertz CT molecular complexity index is 1150. The Morgan fingerprint density at radius 2 is 1.88 bits per heavy atom. The second-order valence-electron chi connectivity index (χ2n) is 6.53. The lowest BCUT2D eigenvalue weighted by atomic mass is 10.0. The first-order valence-corrected chi connectivity index (χ1v) is 8.72. The van der Waals surface area contributed by atoms with Crippen LogP contribution in [0.2, 0.25) is 5.02 Å². The van der Waals surface area contributed by atoms with E-state index in [9.17, 15) is 4.79 Å². The van der Waals surface area contributed by atoms with Crippen LogP contribution in [0, 0.1) is 20.8 Å². The maximum Gasteiger partial charge on any atom is 0.326 e. The van der Waals surface area contributed by atoms with Gasteiger partial charge in [0, 0.05) is 10.6 Å². The van der Waals surface area contributed by atoms with Crippen molar-refractivity contribution in [1.29, 1.82) is 0 Å². The molecule has 0 fully saturated rings. The smallest absolute Gasteiger partial charge is 0.326 e. The van der Waals surface area contributed by atoms with Crippen molar-refractivity contribution in [3.05, 3.63) is 74.5 Å². The quantitative estimate of drug-likeness (QED) is 0.575. The van der Waals surface area contributed by atoms with Crippen molar-refractivity contribution in [2.24, 2.45) is 0 Å². The number of aromatic amines is 1. The van der Waals surface area contributed by atoms with E-state index < -0.39 is 0 Å². The first kappa shape index (κ1) is 16.7. The number of benzene rings is 2. The molecule has 0 atom stereocenters. The number of halogens is 1. The molecule has 5 nitrogen and oxygen atoms in total. The van der Waals surface area contributed by atoms with Crippen LogP contribution in [-0.4, -0.2) is 14.7 Å². The van der Waals surface area contributed by atoms with E-state index in [0.717, 1.165) is 44.7 Å². The number of aromatic nitrogens is 3. The molecule has 0 saturated heterocycles. The van der Waals surface area contributed by atoms with Crippen LogP contribution in [0.5, 0.6) is 0 Å². The number of aryl methyl sites for hydroxylation is 3. The van der Waals surface area contributed by atoms with Gasteiger partial charge in [0.25, 0.3) is 0 Å². The lowest BCUT2D eigenvalue weighted by Gasteiger charge is -2.08. The highest BCUT2D eigenvalue weighted by Crippen LogP contribution is 2.31. The first-order chi connectivity index (χ1) is 12.4. The van der Waals surface area contributed by atoms with Crippen LogP contribution in [0.3, 0.4) is 0 Å². The van der Waals surface area contributed by atoms with Gasteiger partial charge in [-0.2, -0.15) is 0 Å². The maximum absolute atomic E-state index is 12.5. The molecule has 0 amide bonds. The minimum Gasteiger partial charge on any atom is -0.361 e. The third-order valence-corrected chi connectivity index (χ3v) is 4.91. The van der Waals surface area contributed by atoms with Crippen molar-refractivity contribution in [3.8, 4) is 11.1 Å². The molecular formula is C20H18ClN3O2. The van der Waals surface area contributed by atoms with Gasteiger partial charge >= 0.3 is 5.69 Å². The van der Waals surface area contributed by atoms with Gasteiger partial charge in [-0.3, -0.25) is 4.57 Å². The van der Waals surface area contributed by atoms with E-state index in [-0.39, 0.29) is 5.69 Å². The van der Waals surface area contributed by atoms with E-state index in [0.29, 0.717) is 11.6 Å². The van der Waals surface area contributed by atoms with Crippen molar-refractivity contribution >= 4 is 22.6 Å². The van der Waals surface area contributed by atoms with Crippen LogP contribution in [-0.2, 0) is 6.54 Å². The van der Waals surface area contributed by atoms with Crippen molar-refractivity contribution in [2.45, 2.75) is 27.3 Å². The molecule has 0 radical (unpaired) electrons. The molecule has 2 aromatic heterocycles. The van der Waals surface area contributed by atoms with Crippen molar-refractivity contribution in [2.75, 3.05) is 0 Å². The Morgan fingerprint density at radius 1 is 1.15 bits per heavy atom. The van der Waals surface area contributed by atoms with Crippen LogP contribution in [0.4, 0.5) is 0 Å². The summed E-state index contributed by atoms with van der Waals surface area (Å²) < 4.78 is 7.05.